The summed E-state index contributed by atoms with van der Waals surface area (Å²) in [5.74, 6) is 0.529. The van der Waals surface area contributed by atoms with Gasteiger partial charge in [-0.25, -0.2) is 4.98 Å². The van der Waals surface area contributed by atoms with Crippen molar-refractivity contribution in [1.29, 1.82) is 0 Å². The van der Waals surface area contributed by atoms with Gasteiger partial charge in [-0.15, -0.1) is 24.2 Å². The Kier molecular flexibility index (Phi) is 8.96. The minimum atomic E-state index is 0. The highest BCUT2D eigenvalue weighted by molar-refractivity contribution is 8.00. The third-order valence-corrected chi connectivity index (χ3v) is 6.55. The molecule has 0 atom stereocenters. The van der Waals surface area contributed by atoms with E-state index in [0.29, 0.717) is 12.3 Å². The maximum Gasteiger partial charge on any atom is 0.239 e. The van der Waals surface area contributed by atoms with E-state index in [9.17, 15) is 4.79 Å². The Morgan fingerprint density at radius 2 is 1.79 bits per heavy atom. The highest BCUT2D eigenvalue weighted by Gasteiger charge is 2.20. The lowest BCUT2D eigenvalue weighted by atomic mass is 10.2. The number of aromatic nitrogens is 1. The van der Waals surface area contributed by atoms with Gasteiger partial charge in [0.2, 0.25) is 5.91 Å². The number of carbonyl (C=O) groups excluding carboxylic acids is 1. The molecule has 3 rings (SSSR count). The molecule has 2 aromatic carbocycles. The zero-order valence-corrected chi connectivity index (χ0v) is 19.8. The molecule has 156 valence electrons. The number of carbonyl (C=O) groups is 1. The second-order valence-electron chi connectivity index (χ2n) is 7.22. The molecule has 0 fully saturated rings. The number of para-hydroxylation sites is 1. The number of aryl methyl sites for hydroxylation is 2. The van der Waals surface area contributed by atoms with Crippen molar-refractivity contribution in [3.63, 3.8) is 0 Å². The number of anilines is 1. The van der Waals surface area contributed by atoms with Crippen LogP contribution in [0.25, 0.3) is 10.2 Å². The van der Waals surface area contributed by atoms with E-state index < -0.39 is 0 Å². The van der Waals surface area contributed by atoms with Crippen molar-refractivity contribution in [2.24, 2.45) is 0 Å². The predicted octanol–water partition coefficient (Wildman–Crippen LogP) is 5.41. The quantitative estimate of drug-likeness (QED) is 0.430. The number of hydrogen-bond acceptors (Lipinski definition) is 5. The molecule has 0 aliphatic carbocycles. The van der Waals surface area contributed by atoms with E-state index in [1.54, 1.807) is 23.1 Å². The fourth-order valence-corrected chi connectivity index (χ4v) is 4.78. The fourth-order valence-electron chi connectivity index (χ4n) is 2.92. The van der Waals surface area contributed by atoms with E-state index in [1.807, 2.05) is 11.0 Å². The summed E-state index contributed by atoms with van der Waals surface area (Å²) in [6.45, 7) is 5.77. The molecule has 0 radical (unpaired) electrons. The summed E-state index contributed by atoms with van der Waals surface area (Å²) in [5, 5.41) is 0.803. The average Bonchev–Trinajstić information content (AvgIpc) is 3.09. The molecule has 0 bridgehead atoms. The SMILES string of the molecule is Cc1ccc(SCC(=O)N(CCCN(C)C)c2nc3c(C)cccc3s2)cc1.Cl. The van der Waals surface area contributed by atoms with E-state index in [0.717, 1.165) is 38.8 Å². The number of hydrogen-bond donors (Lipinski definition) is 0. The molecule has 0 aliphatic rings. The number of rotatable bonds is 8. The fraction of sp³-hybridized carbons (Fsp3) is 0.364. The van der Waals surface area contributed by atoms with Gasteiger partial charge < -0.3 is 4.90 Å². The average molecular weight is 450 g/mol. The molecule has 0 unspecified atom stereocenters. The van der Waals surface area contributed by atoms with E-state index in [2.05, 4.69) is 69.2 Å². The standard InChI is InChI=1S/C22H27N3OS2.ClH/c1-16-9-11-18(12-10-16)27-15-20(26)25(14-6-13-24(3)4)22-23-21-17(2)7-5-8-19(21)28-22;/h5,7-12H,6,13-15H2,1-4H3;1H. The van der Waals surface area contributed by atoms with Gasteiger partial charge in [0.25, 0.3) is 0 Å². The van der Waals surface area contributed by atoms with Gasteiger partial charge in [0.1, 0.15) is 0 Å². The highest BCUT2D eigenvalue weighted by Crippen LogP contribution is 2.31. The van der Waals surface area contributed by atoms with Gasteiger partial charge in [-0.2, -0.15) is 0 Å². The van der Waals surface area contributed by atoms with Gasteiger partial charge in [0.05, 0.1) is 16.0 Å². The first kappa shape index (κ1) is 23.7. The van der Waals surface area contributed by atoms with Gasteiger partial charge >= 0.3 is 0 Å². The Hall–Kier alpha value is -1.60. The van der Waals surface area contributed by atoms with Crippen LogP contribution in [-0.4, -0.2) is 48.7 Å². The van der Waals surface area contributed by atoms with Crippen LogP contribution in [0.2, 0.25) is 0 Å². The Bertz CT molecular complexity index is 941. The van der Waals surface area contributed by atoms with E-state index in [1.165, 1.54) is 5.56 Å². The molecule has 29 heavy (non-hydrogen) atoms. The molecule has 0 saturated heterocycles. The lowest BCUT2D eigenvalue weighted by molar-refractivity contribution is -0.116. The number of benzene rings is 2. The summed E-state index contributed by atoms with van der Waals surface area (Å²) in [7, 11) is 4.11. The zero-order chi connectivity index (χ0) is 20.1. The summed E-state index contributed by atoms with van der Waals surface area (Å²) in [4.78, 5) is 23.0. The van der Waals surface area contributed by atoms with Crippen LogP contribution in [0.5, 0.6) is 0 Å². The van der Waals surface area contributed by atoms with Crippen molar-refractivity contribution in [3.8, 4) is 0 Å². The molecule has 4 nitrogen and oxygen atoms in total. The van der Waals surface area contributed by atoms with Gasteiger partial charge in [-0.1, -0.05) is 41.2 Å². The first-order valence-electron chi connectivity index (χ1n) is 9.45. The summed E-state index contributed by atoms with van der Waals surface area (Å²) in [6.07, 6.45) is 0.919. The first-order valence-corrected chi connectivity index (χ1v) is 11.2. The van der Waals surface area contributed by atoms with Crippen LogP contribution in [0.15, 0.2) is 47.4 Å². The Labute approximate surface area is 187 Å². The van der Waals surface area contributed by atoms with Gasteiger partial charge in [-0.05, 0) is 64.7 Å². The van der Waals surface area contributed by atoms with Crippen LogP contribution in [0.1, 0.15) is 17.5 Å². The summed E-state index contributed by atoms with van der Waals surface area (Å²) < 4.78 is 1.13. The predicted molar refractivity (Wildman–Crippen MR) is 129 cm³/mol. The molecular weight excluding hydrogens is 422 g/mol. The van der Waals surface area contributed by atoms with E-state index in [4.69, 9.17) is 4.98 Å². The van der Waals surface area contributed by atoms with Crippen LogP contribution in [-0.2, 0) is 4.79 Å². The van der Waals surface area contributed by atoms with Crippen molar-refractivity contribution in [2.75, 3.05) is 37.8 Å². The smallest absolute Gasteiger partial charge is 0.239 e. The van der Waals surface area contributed by atoms with Crippen LogP contribution in [0.3, 0.4) is 0 Å². The van der Waals surface area contributed by atoms with E-state index >= 15 is 0 Å². The topological polar surface area (TPSA) is 36.4 Å². The Morgan fingerprint density at radius 3 is 2.45 bits per heavy atom. The number of nitrogens with zero attached hydrogens (tertiary/aromatic N) is 3. The van der Waals surface area contributed by atoms with Crippen molar-refractivity contribution >= 4 is 56.8 Å². The lowest BCUT2D eigenvalue weighted by Crippen LogP contribution is -2.34. The third kappa shape index (κ3) is 6.44. The second-order valence-corrected chi connectivity index (χ2v) is 9.28. The van der Waals surface area contributed by atoms with Crippen molar-refractivity contribution in [2.45, 2.75) is 25.2 Å². The number of thiazole rings is 1. The number of thioether (sulfide) groups is 1. The maximum absolute atomic E-state index is 13.1. The largest absolute Gasteiger partial charge is 0.309 e. The van der Waals surface area contributed by atoms with Gasteiger partial charge in [0.15, 0.2) is 5.13 Å². The van der Waals surface area contributed by atoms with Crippen molar-refractivity contribution in [3.05, 3.63) is 53.6 Å². The second kappa shape index (κ2) is 11.0. The normalized spacial score (nSPS) is 10.9. The molecule has 1 aromatic heterocycles. The minimum absolute atomic E-state index is 0. The van der Waals surface area contributed by atoms with Crippen LogP contribution < -0.4 is 4.90 Å². The molecule has 7 heteroatoms. The molecule has 1 amide bonds. The molecule has 3 aromatic rings. The molecule has 1 heterocycles. The number of halogens is 1. The van der Waals surface area contributed by atoms with Crippen LogP contribution in [0.4, 0.5) is 5.13 Å². The highest BCUT2D eigenvalue weighted by atomic mass is 35.5. The maximum atomic E-state index is 13.1. The summed E-state index contributed by atoms with van der Waals surface area (Å²) in [6, 6.07) is 14.5. The monoisotopic (exact) mass is 449 g/mol. The van der Waals surface area contributed by atoms with Crippen molar-refractivity contribution in [1.82, 2.24) is 9.88 Å². The molecule has 0 aliphatic heterocycles. The molecule has 0 N–H and O–H groups in total. The molecular formula is C22H28ClN3OS2. The lowest BCUT2D eigenvalue weighted by Gasteiger charge is -2.21. The number of amides is 1. The Balaban J connectivity index is 0.00000300. The van der Waals surface area contributed by atoms with Gasteiger partial charge in [0, 0.05) is 11.4 Å². The summed E-state index contributed by atoms with van der Waals surface area (Å²) in [5.41, 5.74) is 3.37. The zero-order valence-electron chi connectivity index (χ0n) is 17.3. The summed E-state index contributed by atoms with van der Waals surface area (Å²) >= 11 is 3.19. The van der Waals surface area contributed by atoms with Crippen molar-refractivity contribution < 1.29 is 4.79 Å². The number of fused-ring (bicyclic) bond motifs is 1. The van der Waals surface area contributed by atoms with Crippen LogP contribution in [0, 0.1) is 13.8 Å². The van der Waals surface area contributed by atoms with Gasteiger partial charge in [-0.3, -0.25) is 9.69 Å². The Morgan fingerprint density at radius 1 is 1.07 bits per heavy atom. The third-order valence-electron chi connectivity index (χ3n) is 4.51. The van der Waals surface area contributed by atoms with Crippen LogP contribution >= 0.6 is 35.5 Å². The van der Waals surface area contributed by atoms with E-state index in [-0.39, 0.29) is 18.3 Å². The molecule has 0 saturated carbocycles. The first-order chi connectivity index (χ1) is 13.4. The minimum Gasteiger partial charge on any atom is -0.309 e. The molecule has 0 spiro atoms.